The number of nitrogens with two attached hydrogens (primary N) is 1. The molecule has 0 aliphatic carbocycles. The molecule has 656 valence electrons. The van der Waals surface area contributed by atoms with Crippen LogP contribution in [-0.4, -0.2) is 203 Å². The number of fused-ring (bicyclic) bond motifs is 3. The lowest BCUT2D eigenvalue weighted by atomic mass is 9.97. The highest BCUT2D eigenvalue weighted by atomic mass is 35.5. The molecule has 0 spiro atoms. The summed E-state index contributed by atoms with van der Waals surface area (Å²) in [4.78, 5) is 94.6. The van der Waals surface area contributed by atoms with E-state index in [2.05, 4.69) is 55.8 Å². The lowest BCUT2D eigenvalue weighted by Crippen LogP contribution is -2.46. The van der Waals surface area contributed by atoms with E-state index in [1.54, 1.807) is 56.3 Å². The fourth-order valence-electron chi connectivity index (χ4n) is 13.7. The van der Waals surface area contributed by atoms with E-state index < -0.39 is 203 Å². The number of esters is 3. The number of alkyl halides is 6. The number of aromatic amines is 3. The summed E-state index contributed by atoms with van der Waals surface area (Å²) in [5, 5.41) is 48.2. The number of hydrogen-bond donors (Lipinski definition) is 12. The van der Waals surface area contributed by atoms with E-state index >= 15 is 17.7 Å². The maximum atomic E-state index is 15.7. The molecule has 0 radical (unpaired) electrons. The Morgan fingerprint density at radius 1 is 0.471 bits per heavy atom. The first-order valence-electron chi connectivity index (χ1n) is 37.6. The third kappa shape index (κ3) is 19.5. The summed E-state index contributed by atoms with van der Waals surface area (Å²) < 4.78 is 165. The normalized spacial score (nSPS) is 26.5. The molecule has 0 saturated carbocycles. The molecule has 23 atom stereocenters. The Bertz CT molecular complexity index is 5560. The van der Waals surface area contributed by atoms with Crippen LogP contribution in [0.3, 0.4) is 0 Å². The van der Waals surface area contributed by atoms with Gasteiger partial charge in [-0.3, -0.25) is 57.3 Å². The van der Waals surface area contributed by atoms with E-state index in [1.165, 1.54) is 145 Å². The summed E-state index contributed by atoms with van der Waals surface area (Å²) >= 11 is 20.7. The van der Waals surface area contributed by atoms with E-state index in [1.807, 2.05) is 0 Å². The number of carbonyl (C=O) groups excluding carboxylic acids is 3. The van der Waals surface area contributed by atoms with Crippen LogP contribution in [0.5, 0.6) is 17.2 Å². The number of carbonyl (C=O) groups is 3. The second-order valence-corrected chi connectivity index (χ2v) is 36.2. The predicted molar refractivity (Wildman–Crippen MR) is 432 cm³/mol. The van der Waals surface area contributed by atoms with Gasteiger partial charge >= 0.3 is 41.1 Å². The predicted octanol–water partition coefficient (Wildman–Crippen LogP) is 8.66. The van der Waals surface area contributed by atoms with Crippen LogP contribution in [0.2, 0.25) is 0 Å². The number of H-pyrrole nitrogens is 3. The molecular weight excluding hydrogens is 1730 g/mol. The molecule has 3 fully saturated rings. The second kappa shape index (κ2) is 36.8. The number of aliphatic hydroxyl groups excluding tert-OH is 3. The number of para-hydroxylation sites is 3. The number of nitrogens with zero attached hydrogens (tertiary/aromatic N) is 6. The third-order valence-electron chi connectivity index (χ3n) is 19.6. The number of benzene rings is 3. The fraction of sp³-hybridized carbons (Fsp3) is 0.466. The number of rotatable bonds is 37. The zero-order valence-corrected chi connectivity index (χ0v) is 70.9. The topological polar surface area (TPSA) is 512 Å². The molecular formula is C73H88Cl3F3N15O24P3. The number of halogens is 6. The van der Waals surface area contributed by atoms with Gasteiger partial charge in [-0.15, -0.1) is 34.8 Å². The minimum atomic E-state index is -4.94. The number of aromatic nitrogens is 9. The highest BCUT2D eigenvalue weighted by Crippen LogP contribution is 2.55. The summed E-state index contributed by atoms with van der Waals surface area (Å²) in [7, 11) is -14.4. The molecule has 0 bridgehead atoms. The number of ether oxygens (including phenoxy) is 6. The molecule has 12 rings (SSSR count). The summed E-state index contributed by atoms with van der Waals surface area (Å²) in [6.07, 6.45) is -19.7. The third-order valence-corrected chi connectivity index (χ3v) is 26.4. The molecule has 13 N–H and O–H groups in total. The highest BCUT2D eigenvalue weighted by molar-refractivity contribution is 7.52. The quantitative estimate of drug-likeness (QED) is 0.00569. The summed E-state index contributed by atoms with van der Waals surface area (Å²) in [5.74, 6) is -4.07. The molecule has 3 aromatic carbocycles. The first-order valence-corrected chi connectivity index (χ1v) is 43.3. The van der Waals surface area contributed by atoms with Gasteiger partial charge in [0, 0.05) is 18.6 Å². The van der Waals surface area contributed by atoms with Gasteiger partial charge in [0.05, 0.1) is 40.6 Å². The van der Waals surface area contributed by atoms with Crippen LogP contribution >= 0.6 is 58.0 Å². The van der Waals surface area contributed by atoms with Gasteiger partial charge in [0.15, 0.2) is 48.1 Å². The van der Waals surface area contributed by atoms with E-state index in [0.717, 1.165) is 9.13 Å². The van der Waals surface area contributed by atoms with Gasteiger partial charge in [-0.05, 0) is 124 Å². The fourth-order valence-corrected chi connectivity index (χ4v) is 19.6. The Morgan fingerprint density at radius 3 is 1.04 bits per heavy atom. The van der Waals surface area contributed by atoms with Crippen molar-refractivity contribution in [2.75, 3.05) is 36.4 Å². The Kier molecular flexibility index (Phi) is 27.8. The van der Waals surface area contributed by atoms with Crippen LogP contribution in [-0.2, 0) is 70.1 Å². The molecule has 9 aromatic rings. The Balaban J connectivity index is 0.699. The molecule has 48 heteroatoms. The monoisotopic (exact) mass is 1810 g/mol. The zero-order valence-electron chi connectivity index (χ0n) is 65.9. The average molecular weight is 1820 g/mol. The van der Waals surface area contributed by atoms with Crippen LogP contribution in [0, 0.1) is 0 Å². The van der Waals surface area contributed by atoms with Gasteiger partial charge < -0.3 is 87.4 Å². The van der Waals surface area contributed by atoms with Crippen molar-refractivity contribution in [3.63, 3.8) is 0 Å². The summed E-state index contributed by atoms with van der Waals surface area (Å²) in [6.45, 7) is 9.22. The van der Waals surface area contributed by atoms with Crippen molar-refractivity contribution in [1.29, 1.82) is 0 Å². The molecule has 9 heterocycles. The highest BCUT2D eigenvalue weighted by Gasteiger charge is 2.62. The summed E-state index contributed by atoms with van der Waals surface area (Å²) in [6, 6.07) is 22.3. The van der Waals surface area contributed by atoms with Gasteiger partial charge in [-0.1, -0.05) is 54.6 Å². The molecule has 3 aliphatic rings. The SMILES string of the molecule is CC(C)OC(=O)[C@H](C)NP(=O)(Oc1ccccc1)O[C@H](C)[C@H]1O[C@@H](n2ccc3c(=O)[nH]c(NC(C)OC(=O)[C@H](C)N[P@@](=O)(Oc4ccccc4)O[C@H](C)[C@H]4O[C@@H](n5ccc6c(=O)[nH]c(NC(C)OC(=O)[C@H](C)N[P@](=O)(Oc7ccccc7)O[C@H](C)[C@H]7O[C@@H](n8ccc9c(=O)[nH]c(N)nc98)[C@@](Cl)(CF)C7O)nc65)[C@@](Cl)(CF)C4O)nc32)[C@@](Cl)(CF)C1O. The van der Waals surface area contributed by atoms with Crippen LogP contribution in [0.1, 0.15) is 87.9 Å². The standard InChI is InChI=1S/C73H88Cl3F3N15O24P3/c1-35(2)107-62(101)36(3)89-119(104,116-44-20-14-11-15-21-44)113-40(7)51-54(96)72(75,33-78)66(111-51)93-30-27-48-57(93)84-69(87-60(48)99)82-43(10)109-64(103)38(5)91-121(106,118-46-24-18-13-19-25-46)115-41(8)52-55(97)73(76,34-79)67(112-52)94-31-28-49-58(94)85-70(88-61(49)100)81-42(9)108-63(102)37(4)90-120(105,117-45-22-16-12-17-23-45)114-39(6)50-53(95)71(74,32-77)65(110-50)92-29-26-47-56(92)83-68(80)86-59(47)98/h11-31,35-43,50-55,65-67,95-97H,32-34H2,1-10H3,(H,89,104)(H,90,105)(H,91,106)(H3,80,83,86,98)(H2,81,85,88,100)(H2,82,84,87,99)/t36-,37-,38-,39+,40+,41+,42?,43?,50+,51+,52+,53?,54?,55?,65+,66+,67+,71+,72+,73+,119?,120+,121-/m0/s1. The van der Waals surface area contributed by atoms with Gasteiger partial charge in [-0.2, -0.15) is 30.2 Å². The van der Waals surface area contributed by atoms with E-state index in [9.17, 15) is 53.2 Å². The van der Waals surface area contributed by atoms with Crippen molar-refractivity contribution < 1.29 is 112 Å². The van der Waals surface area contributed by atoms with Gasteiger partial charge in [0.2, 0.25) is 17.8 Å². The van der Waals surface area contributed by atoms with E-state index in [4.69, 9.17) is 96.1 Å². The number of nitrogen functional groups attached to an aromatic ring is 1. The maximum Gasteiger partial charge on any atom is 0.459 e. The number of aliphatic hydroxyl groups is 3. The minimum Gasteiger partial charge on any atom is -0.462 e. The number of anilines is 3. The lowest BCUT2D eigenvalue weighted by molar-refractivity contribution is -0.149. The van der Waals surface area contributed by atoms with Gasteiger partial charge in [0.1, 0.15) is 107 Å². The second-order valence-electron chi connectivity index (χ2n) is 29.2. The average Bonchev–Trinajstić information content (AvgIpc) is 1.59. The van der Waals surface area contributed by atoms with Crippen molar-refractivity contribution in [2.45, 2.75) is 194 Å². The van der Waals surface area contributed by atoms with E-state index in [-0.39, 0.29) is 68.2 Å². The van der Waals surface area contributed by atoms with Gasteiger partial charge in [-0.25, -0.2) is 26.9 Å². The Morgan fingerprint density at radius 2 is 0.752 bits per heavy atom. The van der Waals surface area contributed by atoms with Crippen molar-refractivity contribution >= 4 is 127 Å². The molecule has 3 saturated heterocycles. The first kappa shape index (κ1) is 91.2. The van der Waals surface area contributed by atoms with Crippen LogP contribution < -0.4 is 61.9 Å². The van der Waals surface area contributed by atoms with Crippen LogP contribution in [0.4, 0.5) is 31.0 Å². The maximum absolute atomic E-state index is 15.7. The Hall–Kier alpha value is -9.00. The van der Waals surface area contributed by atoms with Crippen LogP contribution in [0.15, 0.2) is 142 Å². The number of hydrogen-bond acceptors (Lipinski definition) is 30. The first-order chi connectivity index (χ1) is 57.1. The van der Waals surface area contributed by atoms with Crippen LogP contribution in [0.25, 0.3) is 33.1 Å². The molecule has 6 aromatic heterocycles. The van der Waals surface area contributed by atoms with Crippen molar-refractivity contribution in [1.82, 2.24) is 58.9 Å². The smallest absolute Gasteiger partial charge is 0.459 e. The molecule has 6 unspecified atom stereocenters. The molecule has 3 aliphatic heterocycles. The van der Waals surface area contributed by atoms with E-state index in [0.29, 0.717) is 0 Å². The lowest BCUT2D eigenvalue weighted by Gasteiger charge is -2.30. The Labute approximate surface area is 701 Å². The van der Waals surface area contributed by atoms with Gasteiger partial charge in [0.25, 0.3) is 16.7 Å². The molecule has 39 nitrogen and oxygen atoms in total. The van der Waals surface area contributed by atoms with Crippen molar-refractivity contribution in [2.24, 2.45) is 0 Å². The zero-order chi connectivity index (χ0) is 87.8. The summed E-state index contributed by atoms with van der Waals surface area (Å²) in [5.41, 5.74) is 3.10. The number of nitrogens with one attached hydrogen (secondary N) is 8. The van der Waals surface area contributed by atoms with Crippen molar-refractivity contribution in [3.05, 3.63) is 159 Å². The largest absolute Gasteiger partial charge is 0.462 e. The van der Waals surface area contributed by atoms with Crippen molar-refractivity contribution in [3.8, 4) is 17.2 Å². The molecule has 0 amide bonds. The minimum absolute atomic E-state index is 0.0249. The molecule has 121 heavy (non-hydrogen) atoms.